The number of fused-ring (bicyclic) bond motifs is 1. The quantitative estimate of drug-likeness (QED) is 0.175. The smallest absolute Gasteiger partial charge is 0.340 e. The number of rotatable bonds is 11. The van der Waals surface area contributed by atoms with Crippen molar-refractivity contribution in [3.05, 3.63) is 89.3 Å². The first-order valence-corrected chi connectivity index (χ1v) is 15.8. The van der Waals surface area contributed by atoms with Crippen molar-refractivity contribution in [3.63, 3.8) is 0 Å². The molecule has 218 valence electrons. The number of cyclic esters (lactones) is 1. The molecule has 0 atom stereocenters. The van der Waals surface area contributed by atoms with Crippen molar-refractivity contribution in [2.24, 2.45) is 0 Å². The summed E-state index contributed by atoms with van der Waals surface area (Å²) in [5.41, 5.74) is 3.24. The molecule has 4 rings (SSSR count). The highest BCUT2D eigenvalue weighted by atomic mass is 79.9. The van der Waals surface area contributed by atoms with E-state index in [2.05, 4.69) is 45.7 Å². The van der Waals surface area contributed by atoms with Crippen molar-refractivity contribution in [2.75, 3.05) is 0 Å². The summed E-state index contributed by atoms with van der Waals surface area (Å²) in [6, 6.07) is 8.02. The molecule has 3 aromatic carbocycles. The Balaban J connectivity index is 2.30. The van der Waals surface area contributed by atoms with E-state index in [1.807, 2.05) is 13.8 Å². The van der Waals surface area contributed by atoms with Gasteiger partial charge in [0.2, 0.25) is 0 Å². The monoisotopic (exact) mass is 686 g/mol. The Morgan fingerprint density at radius 1 is 0.780 bits per heavy atom. The van der Waals surface area contributed by atoms with Crippen LogP contribution in [0, 0.1) is 0 Å². The molecule has 8 heteroatoms. The molecule has 0 radical (unpaired) electrons. The lowest BCUT2D eigenvalue weighted by Crippen LogP contribution is -2.34. The number of carboxylic acid groups (broad SMARTS) is 1. The normalized spacial score (nSPS) is 13.8. The molecule has 0 aliphatic carbocycles. The molecule has 1 aliphatic heterocycles. The molecule has 0 bridgehead atoms. The molecular formula is C33H36Br2O6. The van der Waals surface area contributed by atoms with Crippen LogP contribution in [-0.4, -0.2) is 27.3 Å². The molecule has 0 unspecified atom stereocenters. The molecule has 41 heavy (non-hydrogen) atoms. The third-order valence-electron chi connectivity index (χ3n) is 7.70. The number of halogens is 2. The van der Waals surface area contributed by atoms with Crippen LogP contribution < -0.4 is 0 Å². The van der Waals surface area contributed by atoms with Crippen molar-refractivity contribution in [1.29, 1.82) is 0 Å². The first kappa shape index (κ1) is 31.1. The van der Waals surface area contributed by atoms with Gasteiger partial charge in [0, 0.05) is 36.8 Å². The average molecular weight is 688 g/mol. The van der Waals surface area contributed by atoms with E-state index in [9.17, 15) is 24.9 Å². The summed E-state index contributed by atoms with van der Waals surface area (Å²) in [7, 11) is 0. The Kier molecular flexibility index (Phi) is 9.54. The first-order valence-electron chi connectivity index (χ1n) is 14.3. The van der Waals surface area contributed by atoms with Gasteiger partial charge in [-0.1, -0.05) is 91.3 Å². The van der Waals surface area contributed by atoms with Crippen LogP contribution in [0.1, 0.15) is 113 Å². The number of phenolic OH excluding ortho intramolecular Hbond substituents is 2. The van der Waals surface area contributed by atoms with Gasteiger partial charge in [0.1, 0.15) is 11.5 Å². The summed E-state index contributed by atoms with van der Waals surface area (Å²) in [5.74, 6) is -1.58. The number of carbonyl (C=O) groups is 2. The van der Waals surface area contributed by atoms with Crippen molar-refractivity contribution in [3.8, 4) is 11.5 Å². The zero-order valence-electron chi connectivity index (χ0n) is 23.9. The lowest BCUT2D eigenvalue weighted by Gasteiger charge is -2.37. The molecule has 0 aromatic heterocycles. The summed E-state index contributed by atoms with van der Waals surface area (Å²) in [6.45, 7) is 8.14. The molecule has 3 aromatic rings. The fourth-order valence-corrected chi connectivity index (χ4v) is 7.68. The number of benzene rings is 3. The highest BCUT2D eigenvalue weighted by molar-refractivity contribution is 9.11. The molecule has 0 saturated carbocycles. The summed E-state index contributed by atoms with van der Waals surface area (Å²) in [5, 5.41) is 32.6. The number of aromatic carboxylic acids is 1. The summed E-state index contributed by atoms with van der Waals surface area (Å²) in [4.78, 5) is 25.7. The Labute approximate surface area is 258 Å². The van der Waals surface area contributed by atoms with Gasteiger partial charge in [0.25, 0.3) is 0 Å². The molecule has 6 nitrogen and oxygen atoms in total. The van der Waals surface area contributed by atoms with E-state index >= 15 is 0 Å². The minimum atomic E-state index is -1.57. The molecule has 0 spiro atoms. The van der Waals surface area contributed by atoms with Gasteiger partial charge < -0.3 is 20.1 Å². The zero-order valence-corrected chi connectivity index (χ0v) is 27.0. The van der Waals surface area contributed by atoms with E-state index in [0.717, 1.165) is 45.8 Å². The number of carbonyl (C=O) groups excluding carboxylic acids is 1. The number of hydrogen-bond donors (Lipinski definition) is 3. The third-order valence-corrected chi connectivity index (χ3v) is 9.51. The largest absolute Gasteiger partial charge is 0.508 e. The van der Waals surface area contributed by atoms with Gasteiger partial charge in [-0.3, -0.25) is 0 Å². The summed E-state index contributed by atoms with van der Waals surface area (Å²) >= 11 is 7.74. The van der Waals surface area contributed by atoms with Crippen LogP contribution in [0.5, 0.6) is 11.5 Å². The van der Waals surface area contributed by atoms with E-state index in [1.165, 1.54) is 12.1 Å². The predicted octanol–water partition coefficient (Wildman–Crippen LogP) is 8.59. The molecule has 3 N–H and O–H groups in total. The van der Waals surface area contributed by atoms with Crippen molar-refractivity contribution >= 4 is 43.8 Å². The Hall–Kier alpha value is -2.84. The molecular weight excluding hydrogens is 652 g/mol. The molecule has 1 aliphatic rings. The number of hydrogen-bond acceptors (Lipinski definition) is 5. The molecule has 0 amide bonds. The number of phenols is 2. The van der Waals surface area contributed by atoms with E-state index < -0.39 is 17.5 Å². The van der Waals surface area contributed by atoms with Crippen molar-refractivity contribution in [1.82, 2.24) is 0 Å². The van der Waals surface area contributed by atoms with Crippen LogP contribution in [-0.2, 0) is 36.0 Å². The Morgan fingerprint density at radius 3 is 1.66 bits per heavy atom. The first-order chi connectivity index (χ1) is 19.6. The van der Waals surface area contributed by atoms with E-state index in [0.29, 0.717) is 53.5 Å². The van der Waals surface area contributed by atoms with Gasteiger partial charge in [-0.15, -0.1) is 0 Å². The minimum Gasteiger partial charge on any atom is -0.508 e. The second kappa shape index (κ2) is 12.6. The van der Waals surface area contributed by atoms with E-state index in [1.54, 1.807) is 18.2 Å². The van der Waals surface area contributed by atoms with E-state index in [-0.39, 0.29) is 22.6 Å². The van der Waals surface area contributed by atoms with Crippen LogP contribution >= 0.6 is 31.9 Å². The zero-order chi connectivity index (χ0) is 30.1. The fraction of sp³-hybridized carbons (Fsp3) is 0.394. The lowest BCUT2D eigenvalue weighted by molar-refractivity contribution is 0.0240. The van der Waals surface area contributed by atoms with Crippen molar-refractivity contribution < 1.29 is 29.6 Å². The molecule has 0 fully saturated rings. The van der Waals surface area contributed by atoms with Gasteiger partial charge in [-0.05, 0) is 61.1 Å². The Bertz CT molecular complexity index is 1440. The second-order valence-corrected chi connectivity index (χ2v) is 12.2. The highest BCUT2D eigenvalue weighted by Gasteiger charge is 2.54. The fourth-order valence-electron chi connectivity index (χ4n) is 6.01. The van der Waals surface area contributed by atoms with E-state index in [4.69, 9.17) is 4.74 Å². The van der Waals surface area contributed by atoms with Crippen LogP contribution in [0.25, 0.3) is 0 Å². The second-order valence-electron chi connectivity index (χ2n) is 10.6. The Morgan fingerprint density at radius 2 is 1.24 bits per heavy atom. The van der Waals surface area contributed by atoms with Gasteiger partial charge in [0.15, 0.2) is 5.60 Å². The molecule has 1 heterocycles. The van der Waals surface area contributed by atoms with Crippen LogP contribution in [0.4, 0.5) is 0 Å². The standard InChI is InChI=1S/C33H36Br2O6/c1-5-9-18-16-25(36)21(11-7-3)27(29(18)34)33(24-14-13-20(31(38)39)15-23(24)32(40)41-33)28-22(12-8-4)26(37)17-19(10-6-2)30(28)35/h13-17,36-37H,5-12H2,1-4H3,(H,38,39). The van der Waals surface area contributed by atoms with Gasteiger partial charge in [-0.2, -0.15) is 0 Å². The van der Waals surface area contributed by atoms with Crippen LogP contribution in [0.3, 0.4) is 0 Å². The number of carboxylic acids is 1. The van der Waals surface area contributed by atoms with Crippen LogP contribution in [0.2, 0.25) is 0 Å². The number of esters is 1. The van der Waals surface area contributed by atoms with Gasteiger partial charge >= 0.3 is 11.9 Å². The predicted molar refractivity (Wildman–Crippen MR) is 166 cm³/mol. The van der Waals surface area contributed by atoms with Gasteiger partial charge in [-0.25, -0.2) is 9.59 Å². The van der Waals surface area contributed by atoms with Crippen molar-refractivity contribution in [2.45, 2.75) is 84.7 Å². The minimum absolute atomic E-state index is 0.0256. The van der Waals surface area contributed by atoms with Crippen LogP contribution in [0.15, 0.2) is 39.3 Å². The summed E-state index contributed by atoms with van der Waals surface area (Å²) in [6.07, 6.45) is 5.46. The average Bonchev–Trinajstić information content (AvgIpc) is 3.22. The lowest BCUT2D eigenvalue weighted by atomic mass is 9.73. The number of aryl methyl sites for hydroxylation is 2. The highest BCUT2D eigenvalue weighted by Crippen LogP contribution is 2.56. The summed E-state index contributed by atoms with van der Waals surface area (Å²) < 4.78 is 7.97. The topological polar surface area (TPSA) is 104 Å². The maximum atomic E-state index is 13.8. The van der Waals surface area contributed by atoms with Gasteiger partial charge in [0.05, 0.1) is 11.1 Å². The maximum Gasteiger partial charge on any atom is 0.340 e. The number of aromatic hydroxyl groups is 2. The number of ether oxygens (including phenoxy) is 1. The third kappa shape index (κ3) is 5.29. The molecule has 0 saturated heterocycles. The maximum absolute atomic E-state index is 13.8. The SMILES string of the molecule is CCCc1cc(O)c(CCC)c(C2(c3c(Br)c(CCC)cc(O)c3CCC)OC(=O)c3cc(C(=O)O)ccc32)c1Br.